The molecular formula is C17H11F4N5O2. The largest absolute Gasteiger partial charge is 0.507 e. The molecule has 3 N–H and O–H groups in total. The van der Waals surface area contributed by atoms with Crippen molar-refractivity contribution in [3.63, 3.8) is 0 Å². The summed E-state index contributed by atoms with van der Waals surface area (Å²) < 4.78 is 58.5. The van der Waals surface area contributed by atoms with Gasteiger partial charge in [-0.25, -0.2) is 9.49 Å². The van der Waals surface area contributed by atoms with Crippen molar-refractivity contribution < 1.29 is 27.1 Å². The Labute approximate surface area is 154 Å². The number of aromatic nitrogens is 4. The van der Waals surface area contributed by atoms with Crippen molar-refractivity contribution in [2.75, 3.05) is 5.32 Å². The number of phenols is 1. The van der Waals surface area contributed by atoms with Crippen molar-refractivity contribution in [1.29, 1.82) is 0 Å². The van der Waals surface area contributed by atoms with Crippen LogP contribution in [0, 0.1) is 5.82 Å². The molecule has 0 unspecified atom stereocenters. The highest BCUT2D eigenvalue weighted by Crippen LogP contribution is 2.37. The number of nitrogens with zero attached hydrogens (tertiary/aromatic N) is 3. The third kappa shape index (κ3) is 3.33. The van der Waals surface area contributed by atoms with Gasteiger partial charge in [0, 0.05) is 29.2 Å². The minimum Gasteiger partial charge on any atom is -0.507 e. The van der Waals surface area contributed by atoms with E-state index in [-0.39, 0.29) is 29.2 Å². The van der Waals surface area contributed by atoms with E-state index in [1.807, 2.05) is 0 Å². The minimum absolute atomic E-state index is 0.0752. The van der Waals surface area contributed by atoms with Crippen LogP contribution in [0.3, 0.4) is 0 Å². The zero-order valence-electron chi connectivity index (χ0n) is 13.9. The van der Waals surface area contributed by atoms with E-state index < -0.39 is 23.3 Å². The van der Waals surface area contributed by atoms with Crippen molar-refractivity contribution in [2.24, 2.45) is 0 Å². The first-order valence-electron chi connectivity index (χ1n) is 7.91. The second kappa shape index (κ2) is 6.51. The molecule has 4 aromatic rings. The molecule has 28 heavy (non-hydrogen) atoms. The number of tetrazole rings is 1. The Morgan fingerprint density at radius 3 is 2.68 bits per heavy atom. The van der Waals surface area contributed by atoms with Crippen LogP contribution in [-0.2, 0) is 12.7 Å². The zero-order chi connectivity index (χ0) is 19.9. The first kappa shape index (κ1) is 17.8. The number of fused-ring (bicyclic) bond motifs is 1. The fourth-order valence-electron chi connectivity index (χ4n) is 2.70. The van der Waals surface area contributed by atoms with Crippen LogP contribution in [0.1, 0.15) is 11.1 Å². The maximum absolute atomic E-state index is 14.3. The Bertz CT molecular complexity index is 1140. The summed E-state index contributed by atoms with van der Waals surface area (Å²) in [5, 5.41) is 25.8. The fraction of sp³-hybridized carbons (Fsp3) is 0.118. The highest BCUT2D eigenvalue weighted by molar-refractivity contribution is 5.82. The molecule has 4 rings (SSSR count). The number of nitrogens with one attached hydrogen (secondary N) is 2. The van der Waals surface area contributed by atoms with Gasteiger partial charge in [0.05, 0.1) is 5.56 Å². The highest BCUT2D eigenvalue weighted by atomic mass is 19.4. The van der Waals surface area contributed by atoms with Crippen LogP contribution in [-0.4, -0.2) is 25.7 Å². The SMILES string of the molecule is Oc1ccc(NCc2cc3cc(-c4nnn[nH]4)oc3cc2F)cc1C(F)(F)F. The van der Waals surface area contributed by atoms with E-state index in [1.165, 1.54) is 18.2 Å². The van der Waals surface area contributed by atoms with Gasteiger partial charge < -0.3 is 14.8 Å². The Hall–Kier alpha value is -3.63. The summed E-state index contributed by atoms with van der Waals surface area (Å²) in [6.45, 7) is -0.0752. The second-order valence-corrected chi connectivity index (χ2v) is 5.93. The lowest BCUT2D eigenvalue weighted by molar-refractivity contribution is -0.138. The summed E-state index contributed by atoms with van der Waals surface area (Å²) in [6, 6.07) is 7.27. The molecule has 0 amide bonds. The number of H-pyrrole nitrogens is 1. The van der Waals surface area contributed by atoms with E-state index in [1.54, 1.807) is 6.07 Å². The Morgan fingerprint density at radius 2 is 1.96 bits per heavy atom. The molecule has 7 nitrogen and oxygen atoms in total. The lowest BCUT2D eigenvalue weighted by atomic mass is 10.1. The maximum Gasteiger partial charge on any atom is 0.420 e. The number of rotatable bonds is 4. The summed E-state index contributed by atoms with van der Waals surface area (Å²) in [5.74, 6) is -0.872. The first-order valence-corrected chi connectivity index (χ1v) is 7.91. The summed E-state index contributed by atoms with van der Waals surface area (Å²) in [6.07, 6.45) is -4.70. The lowest BCUT2D eigenvalue weighted by Gasteiger charge is -2.12. The van der Waals surface area contributed by atoms with Gasteiger partial charge in [0.25, 0.3) is 0 Å². The number of anilines is 1. The average molecular weight is 393 g/mol. The molecule has 2 aromatic heterocycles. The van der Waals surface area contributed by atoms with Gasteiger partial charge in [-0.1, -0.05) is 0 Å². The number of aromatic amines is 1. The molecule has 0 aliphatic heterocycles. The molecule has 0 saturated heterocycles. The molecule has 11 heteroatoms. The molecule has 0 fully saturated rings. The monoisotopic (exact) mass is 393 g/mol. The molecule has 144 valence electrons. The Balaban J connectivity index is 1.59. The standard InChI is InChI=1S/C17H11F4N5O2/c18-12-6-14-8(4-15(28-14)16-23-25-26-24-16)3-9(12)7-22-10-1-2-13(27)11(5-10)17(19,20)21/h1-6,22,27H,7H2,(H,23,24,25,26). The first-order chi connectivity index (χ1) is 13.3. The molecular weight excluding hydrogens is 382 g/mol. The van der Waals surface area contributed by atoms with Crippen molar-refractivity contribution >= 4 is 16.7 Å². The summed E-state index contributed by atoms with van der Waals surface area (Å²) in [7, 11) is 0. The van der Waals surface area contributed by atoms with Gasteiger partial charge in [-0.05, 0) is 40.8 Å². The smallest absolute Gasteiger partial charge is 0.420 e. The van der Waals surface area contributed by atoms with E-state index in [0.29, 0.717) is 11.1 Å². The lowest BCUT2D eigenvalue weighted by Crippen LogP contribution is -2.07. The Morgan fingerprint density at radius 1 is 1.14 bits per heavy atom. The van der Waals surface area contributed by atoms with Crippen molar-refractivity contribution in [1.82, 2.24) is 20.6 Å². The average Bonchev–Trinajstić information content (AvgIpc) is 3.29. The summed E-state index contributed by atoms with van der Waals surface area (Å²) in [5.41, 5.74) is -0.590. The van der Waals surface area contributed by atoms with Crippen molar-refractivity contribution in [3.8, 4) is 17.3 Å². The maximum atomic E-state index is 14.3. The second-order valence-electron chi connectivity index (χ2n) is 5.93. The number of hydrogen-bond acceptors (Lipinski definition) is 6. The number of aromatic hydroxyl groups is 1. The molecule has 0 spiro atoms. The van der Waals surface area contributed by atoms with Gasteiger partial charge in [-0.15, -0.1) is 5.10 Å². The third-order valence-corrected chi connectivity index (χ3v) is 4.05. The number of furan rings is 1. The minimum atomic E-state index is -4.70. The van der Waals surface area contributed by atoms with Crippen LogP contribution >= 0.6 is 0 Å². The number of benzene rings is 2. The van der Waals surface area contributed by atoms with Crippen LogP contribution in [0.15, 0.2) is 40.8 Å². The van der Waals surface area contributed by atoms with E-state index in [4.69, 9.17) is 4.42 Å². The molecule has 2 aromatic carbocycles. The molecule has 0 atom stereocenters. The van der Waals surface area contributed by atoms with Gasteiger partial charge in [-0.3, -0.25) is 0 Å². The van der Waals surface area contributed by atoms with Gasteiger partial charge in [0.1, 0.15) is 17.1 Å². The molecule has 0 bridgehead atoms. The predicted molar refractivity (Wildman–Crippen MR) is 89.8 cm³/mol. The molecule has 0 aliphatic rings. The number of halogens is 4. The van der Waals surface area contributed by atoms with Crippen molar-refractivity contribution in [3.05, 3.63) is 53.3 Å². The molecule has 0 aliphatic carbocycles. The third-order valence-electron chi connectivity index (χ3n) is 4.05. The normalized spacial score (nSPS) is 11.9. The van der Waals surface area contributed by atoms with Gasteiger partial charge in [-0.2, -0.15) is 13.2 Å². The summed E-state index contributed by atoms with van der Waals surface area (Å²) in [4.78, 5) is 0. The van der Waals surface area contributed by atoms with E-state index >= 15 is 0 Å². The van der Waals surface area contributed by atoms with E-state index in [0.717, 1.165) is 12.1 Å². The van der Waals surface area contributed by atoms with Crippen LogP contribution in [0.4, 0.5) is 23.2 Å². The van der Waals surface area contributed by atoms with E-state index in [9.17, 15) is 22.7 Å². The molecule has 2 heterocycles. The van der Waals surface area contributed by atoms with E-state index in [2.05, 4.69) is 25.9 Å². The topological polar surface area (TPSA) is 99.9 Å². The number of alkyl halides is 3. The quantitative estimate of drug-likeness (QED) is 0.357. The number of hydrogen-bond donors (Lipinski definition) is 3. The van der Waals surface area contributed by atoms with Crippen LogP contribution in [0.2, 0.25) is 0 Å². The van der Waals surface area contributed by atoms with Crippen LogP contribution in [0.25, 0.3) is 22.6 Å². The van der Waals surface area contributed by atoms with Crippen LogP contribution in [0.5, 0.6) is 5.75 Å². The molecule has 0 radical (unpaired) electrons. The molecule has 0 saturated carbocycles. The summed E-state index contributed by atoms with van der Waals surface area (Å²) >= 11 is 0. The zero-order valence-corrected chi connectivity index (χ0v) is 13.9. The number of phenolic OH excluding ortho intramolecular Hbond substituents is 1. The van der Waals surface area contributed by atoms with Gasteiger partial charge in [0.2, 0.25) is 5.82 Å². The van der Waals surface area contributed by atoms with Gasteiger partial charge in [0.15, 0.2) is 5.76 Å². The highest BCUT2D eigenvalue weighted by Gasteiger charge is 2.34. The van der Waals surface area contributed by atoms with Gasteiger partial charge >= 0.3 is 6.18 Å². The fourth-order valence-corrected chi connectivity index (χ4v) is 2.70. The van der Waals surface area contributed by atoms with Crippen molar-refractivity contribution in [2.45, 2.75) is 12.7 Å². The Kier molecular flexibility index (Phi) is 4.13. The predicted octanol–water partition coefficient (Wildman–Crippen LogP) is 4.09. The van der Waals surface area contributed by atoms with Crippen LogP contribution < -0.4 is 5.32 Å².